The number of rotatable bonds is 6. The van der Waals surface area contributed by atoms with Gasteiger partial charge in [-0.2, -0.15) is 5.10 Å². The number of pyridine rings is 1. The van der Waals surface area contributed by atoms with E-state index in [-0.39, 0.29) is 0 Å². The maximum absolute atomic E-state index is 4.74. The predicted octanol–water partition coefficient (Wildman–Crippen LogP) is 1.78. The molecule has 0 radical (unpaired) electrons. The number of aryl methyl sites for hydroxylation is 2. The Kier molecular flexibility index (Phi) is 5.98. The number of piperazine rings is 1. The number of anilines is 2. The van der Waals surface area contributed by atoms with Crippen LogP contribution >= 0.6 is 0 Å². The maximum Gasteiger partial charge on any atom is 0.245 e. The van der Waals surface area contributed by atoms with Crippen LogP contribution in [0.25, 0.3) is 0 Å². The van der Waals surface area contributed by atoms with Crippen LogP contribution in [-0.4, -0.2) is 65.3 Å². The van der Waals surface area contributed by atoms with E-state index in [1.165, 1.54) is 5.56 Å². The van der Waals surface area contributed by atoms with E-state index in [1.807, 2.05) is 6.20 Å². The summed E-state index contributed by atoms with van der Waals surface area (Å²) in [5, 5.41) is 8.71. The molecule has 0 unspecified atom stereocenters. The molecule has 140 valence electrons. The molecule has 1 saturated heterocycles. The van der Waals surface area contributed by atoms with Crippen molar-refractivity contribution in [3.8, 4) is 0 Å². The van der Waals surface area contributed by atoms with Crippen molar-refractivity contribution in [2.75, 3.05) is 50.1 Å². The molecule has 0 N–H and O–H groups in total. The minimum Gasteiger partial charge on any atom is -0.353 e. The summed E-state index contributed by atoms with van der Waals surface area (Å²) in [6.07, 6.45) is 3.76. The lowest BCUT2D eigenvalue weighted by atomic mass is 10.2. The lowest BCUT2D eigenvalue weighted by Crippen LogP contribution is -2.47. The highest BCUT2D eigenvalue weighted by molar-refractivity contribution is 5.43. The SMILES string of the molecule is CCc1nnc(N2CCN(c3ccc(CN(C)C)cn3)CC2)nc1CC. The Balaban J connectivity index is 1.62. The van der Waals surface area contributed by atoms with Crippen molar-refractivity contribution in [1.29, 1.82) is 0 Å². The molecule has 0 atom stereocenters. The predicted molar refractivity (Wildman–Crippen MR) is 105 cm³/mol. The fourth-order valence-corrected chi connectivity index (χ4v) is 3.26. The van der Waals surface area contributed by atoms with E-state index in [0.29, 0.717) is 0 Å². The Morgan fingerprint density at radius 1 is 0.923 bits per heavy atom. The zero-order valence-electron chi connectivity index (χ0n) is 16.3. The van der Waals surface area contributed by atoms with Crippen LogP contribution in [0.5, 0.6) is 0 Å². The van der Waals surface area contributed by atoms with E-state index < -0.39 is 0 Å². The quantitative estimate of drug-likeness (QED) is 0.783. The second kappa shape index (κ2) is 8.40. The molecular weight excluding hydrogens is 326 g/mol. The van der Waals surface area contributed by atoms with Crippen LogP contribution in [0.15, 0.2) is 18.3 Å². The van der Waals surface area contributed by atoms with Crippen molar-refractivity contribution in [2.24, 2.45) is 0 Å². The van der Waals surface area contributed by atoms with Gasteiger partial charge in [-0.3, -0.25) is 0 Å². The van der Waals surface area contributed by atoms with Gasteiger partial charge in [-0.25, -0.2) is 9.97 Å². The van der Waals surface area contributed by atoms with Gasteiger partial charge in [0.2, 0.25) is 5.95 Å². The third-order valence-corrected chi connectivity index (χ3v) is 4.69. The van der Waals surface area contributed by atoms with Crippen LogP contribution in [-0.2, 0) is 19.4 Å². The molecule has 0 bridgehead atoms. The molecule has 1 aliphatic heterocycles. The van der Waals surface area contributed by atoms with E-state index in [2.05, 4.69) is 70.0 Å². The molecule has 7 heteroatoms. The number of aromatic nitrogens is 4. The van der Waals surface area contributed by atoms with Gasteiger partial charge in [0.25, 0.3) is 0 Å². The second-order valence-electron chi connectivity index (χ2n) is 6.95. The highest BCUT2D eigenvalue weighted by Gasteiger charge is 2.21. The smallest absolute Gasteiger partial charge is 0.245 e. The largest absolute Gasteiger partial charge is 0.353 e. The summed E-state index contributed by atoms with van der Waals surface area (Å²) in [5.74, 6) is 1.80. The van der Waals surface area contributed by atoms with Crippen molar-refractivity contribution in [2.45, 2.75) is 33.2 Å². The molecule has 26 heavy (non-hydrogen) atoms. The zero-order chi connectivity index (χ0) is 18.5. The zero-order valence-corrected chi connectivity index (χ0v) is 16.3. The van der Waals surface area contributed by atoms with E-state index in [0.717, 1.165) is 68.7 Å². The second-order valence-corrected chi connectivity index (χ2v) is 6.95. The number of hydrogen-bond donors (Lipinski definition) is 0. The minimum atomic E-state index is 0.757. The first-order chi connectivity index (χ1) is 12.6. The highest BCUT2D eigenvalue weighted by atomic mass is 15.4. The molecule has 2 aromatic rings. The molecule has 0 aliphatic carbocycles. The Morgan fingerprint density at radius 2 is 1.62 bits per heavy atom. The first kappa shape index (κ1) is 18.5. The van der Waals surface area contributed by atoms with Crippen molar-refractivity contribution in [1.82, 2.24) is 25.1 Å². The first-order valence-corrected chi connectivity index (χ1v) is 9.42. The maximum atomic E-state index is 4.74. The Labute approximate surface area is 156 Å². The molecule has 2 aromatic heterocycles. The van der Waals surface area contributed by atoms with Gasteiger partial charge < -0.3 is 14.7 Å². The van der Waals surface area contributed by atoms with Gasteiger partial charge in [-0.05, 0) is 38.6 Å². The minimum absolute atomic E-state index is 0.757. The van der Waals surface area contributed by atoms with Crippen LogP contribution in [0.3, 0.4) is 0 Å². The summed E-state index contributed by atoms with van der Waals surface area (Å²) < 4.78 is 0. The summed E-state index contributed by atoms with van der Waals surface area (Å²) in [6, 6.07) is 4.29. The van der Waals surface area contributed by atoms with Gasteiger partial charge >= 0.3 is 0 Å². The van der Waals surface area contributed by atoms with Gasteiger partial charge in [-0.1, -0.05) is 19.9 Å². The molecule has 1 aliphatic rings. The van der Waals surface area contributed by atoms with Gasteiger partial charge in [0.15, 0.2) is 0 Å². The van der Waals surface area contributed by atoms with Gasteiger partial charge in [0, 0.05) is 38.9 Å². The monoisotopic (exact) mass is 355 g/mol. The topological polar surface area (TPSA) is 61.3 Å². The average molecular weight is 355 g/mol. The normalized spacial score (nSPS) is 15.0. The molecule has 0 amide bonds. The standard InChI is InChI=1S/C19H29N7/c1-5-16-17(6-2)22-23-19(21-16)26-11-9-25(10-12-26)18-8-7-15(13-20-18)14-24(3)4/h7-8,13H,5-6,9-12,14H2,1-4H3. The first-order valence-electron chi connectivity index (χ1n) is 9.42. The Bertz CT molecular complexity index is 706. The highest BCUT2D eigenvalue weighted by Crippen LogP contribution is 2.18. The van der Waals surface area contributed by atoms with Crippen LogP contribution in [0.4, 0.5) is 11.8 Å². The van der Waals surface area contributed by atoms with Crippen molar-refractivity contribution >= 4 is 11.8 Å². The van der Waals surface area contributed by atoms with Crippen molar-refractivity contribution in [3.63, 3.8) is 0 Å². The van der Waals surface area contributed by atoms with E-state index in [1.54, 1.807) is 0 Å². The van der Waals surface area contributed by atoms with Crippen LogP contribution < -0.4 is 9.80 Å². The van der Waals surface area contributed by atoms with E-state index in [9.17, 15) is 0 Å². The molecule has 0 aromatic carbocycles. The summed E-state index contributed by atoms with van der Waals surface area (Å²) in [4.78, 5) is 16.1. The third-order valence-electron chi connectivity index (χ3n) is 4.69. The van der Waals surface area contributed by atoms with E-state index >= 15 is 0 Å². The molecule has 0 spiro atoms. The van der Waals surface area contributed by atoms with Crippen molar-refractivity contribution < 1.29 is 0 Å². The summed E-state index contributed by atoms with van der Waals surface area (Å²) in [6.45, 7) is 8.74. The molecule has 1 fully saturated rings. The molecule has 3 rings (SSSR count). The van der Waals surface area contributed by atoms with Crippen LogP contribution in [0, 0.1) is 0 Å². The van der Waals surface area contributed by atoms with Gasteiger partial charge in [0.1, 0.15) is 5.82 Å². The molecule has 0 saturated carbocycles. The summed E-state index contributed by atoms with van der Waals surface area (Å²) >= 11 is 0. The fraction of sp³-hybridized carbons (Fsp3) is 0.579. The van der Waals surface area contributed by atoms with Crippen molar-refractivity contribution in [3.05, 3.63) is 35.3 Å². The van der Waals surface area contributed by atoms with Gasteiger partial charge in [0.05, 0.1) is 11.4 Å². The van der Waals surface area contributed by atoms with Gasteiger partial charge in [-0.15, -0.1) is 5.10 Å². The molecular formula is C19H29N7. The Morgan fingerprint density at radius 3 is 2.19 bits per heavy atom. The third kappa shape index (κ3) is 4.27. The van der Waals surface area contributed by atoms with Crippen LogP contribution in [0.2, 0.25) is 0 Å². The summed E-state index contributed by atoms with van der Waals surface area (Å²) in [7, 11) is 4.14. The number of hydrogen-bond acceptors (Lipinski definition) is 7. The molecule has 3 heterocycles. The lowest BCUT2D eigenvalue weighted by Gasteiger charge is -2.35. The number of nitrogens with zero attached hydrogens (tertiary/aromatic N) is 7. The lowest BCUT2D eigenvalue weighted by molar-refractivity contribution is 0.402. The van der Waals surface area contributed by atoms with Crippen LogP contribution in [0.1, 0.15) is 30.8 Å². The Hall–Kier alpha value is -2.28. The average Bonchev–Trinajstić information content (AvgIpc) is 2.67. The fourth-order valence-electron chi connectivity index (χ4n) is 3.26. The molecule has 7 nitrogen and oxygen atoms in total. The summed E-state index contributed by atoms with van der Waals surface area (Å²) in [5.41, 5.74) is 3.31. The van der Waals surface area contributed by atoms with E-state index in [4.69, 9.17) is 4.98 Å².